The minimum Gasteiger partial charge on any atom is -0.493 e. The van der Waals surface area contributed by atoms with E-state index in [9.17, 15) is 18.4 Å². The number of pyridine rings is 1. The van der Waals surface area contributed by atoms with E-state index in [0.29, 0.717) is 25.6 Å². The molecule has 2 saturated heterocycles. The van der Waals surface area contributed by atoms with Crippen molar-refractivity contribution >= 4 is 11.8 Å². The van der Waals surface area contributed by atoms with E-state index in [2.05, 4.69) is 11.6 Å². The van der Waals surface area contributed by atoms with Crippen molar-refractivity contribution in [1.82, 2.24) is 14.8 Å². The van der Waals surface area contributed by atoms with E-state index >= 15 is 0 Å². The zero-order valence-electron chi connectivity index (χ0n) is 15.7. The fraction of sp³-hybridized carbons (Fsp3) is 0.550. The van der Waals surface area contributed by atoms with Gasteiger partial charge in [-0.15, -0.1) is 0 Å². The SMILES string of the molecule is C=CC(=O)N1CC(C(=O)N2CCC(COc3ccncc3)CC2)CC(F)(F)C1. The van der Waals surface area contributed by atoms with Gasteiger partial charge >= 0.3 is 0 Å². The maximum absolute atomic E-state index is 14.0. The summed E-state index contributed by atoms with van der Waals surface area (Å²) >= 11 is 0. The average Bonchev–Trinajstić information content (AvgIpc) is 2.71. The number of hydrogen-bond acceptors (Lipinski definition) is 4. The summed E-state index contributed by atoms with van der Waals surface area (Å²) in [5, 5.41) is 0. The van der Waals surface area contributed by atoms with Crippen LogP contribution in [0.4, 0.5) is 8.78 Å². The van der Waals surface area contributed by atoms with Gasteiger partial charge < -0.3 is 14.5 Å². The van der Waals surface area contributed by atoms with E-state index in [1.807, 2.05) is 0 Å². The lowest BCUT2D eigenvalue weighted by Crippen LogP contribution is -2.54. The number of nitrogens with zero attached hydrogens (tertiary/aromatic N) is 3. The van der Waals surface area contributed by atoms with Gasteiger partial charge in [0.25, 0.3) is 5.92 Å². The maximum atomic E-state index is 14.0. The minimum absolute atomic E-state index is 0.0182. The second kappa shape index (κ2) is 8.67. The second-order valence-corrected chi connectivity index (χ2v) is 7.44. The topological polar surface area (TPSA) is 62.7 Å². The number of likely N-dealkylation sites (tertiary alicyclic amines) is 2. The molecule has 1 aromatic rings. The molecule has 2 fully saturated rings. The van der Waals surface area contributed by atoms with Crippen LogP contribution in [-0.2, 0) is 9.59 Å². The molecule has 3 rings (SSSR count). The Hall–Kier alpha value is -2.51. The zero-order valence-corrected chi connectivity index (χ0v) is 15.7. The van der Waals surface area contributed by atoms with E-state index in [1.165, 1.54) is 0 Å². The van der Waals surface area contributed by atoms with Crippen LogP contribution >= 0.6 is 0 Å². The van der Waals surface area contributed by atoms with Crippen molar-refractivity contribution in [2.45, 2.75) is 25.2 Å². The molecule has 0 saturated carbocycles. The molecule has 0 radical (unpaired) electrons. The third kappa shape index (κ3) is 5.05. The molecule has 1 atom stereocenters. The van der Waals surface area contributed by atoms with Crippen molar-refractivity contribution in [3.05, 3.63) is 37.2 Å². The molecule has 1 unspecified atom stereocenters. The molecular formula is C20H25F2N3O3. The molecule has 0 spiro atoms. The number of halogens is 2. The van der Waals surface area contributed by atoms with Crippen molar-refractivity contribution in [3.8, 4) is 5.75 Å². The number of alkyl halides is 2. The fourth-order valence-corrected chi connectivity index (χ4v) is 3.79. The molecule has 6 nitrogen and oxygen atoms in total. The van der Waals surface area contributed by atoms with Gasteiger partial charge in [0.15, 0.2) is 0 Å². The van der Waals surface area contributed by atoms with Gasteiger partial charge in [-0.05, 0) is 37.0 Å². The number of carbonyl (C=O) groups excluding carboxylic acids is 2. The molecule has 2 aliphatic rings. The summed E-state index contributed by atoms with van der Waals surface area (Å²) in [6, 6.07) is 3.58. The fourth-order valence-electron chi connectivity index (χ4n) is 3.79. The average molecular weight is 393 g/mol. The Labute approximate surface area is 163 Å². The van der Waals surface area contributed by atoms with Gasteiger partial charge in [0, 0.05) is 38.4 Å². The van der Waals surface area contributed by atoms with E-state index in [4.69, 9.17) is 4.74 Å². The van der Waals surface area contributed by atoms with Gasteiger partial charge in [-0.25, -0.2) is 8.78 Å². The lowest BCUT2D eigenvalue weighted by molar-refractivity contribution is -0.154. The van der Waals surface area contributed by atoms with Crippen LogP contribution in [0.2, 0.25) is 0 Å². The first-order valence-corrected chi connectivity index (χ1v) is 9.49. The largest absolute Gasteiger partial charge is 0.493 e. The summed E-state index contributed by atoms with van der Waals surface area (Å²) in [6.07, 6.45) is 5.34. The van der Waals surface area contributed by atoms with Crippen molar-refractivity contribution in [1.29, 1.82) is 0 Å². The van der Waals surface area contributed by atoms with Gasteiger partial charge in [0.05, 0.1) is 19.1 Å². The first-order chi connectivity index (χ1) is 13.4. The summed E-state index contributed by atoms with van der Waals surface area (Å²) in [5.41, 5.74) is 0. The predicted molar refractivity (Wildman–Crippen MR) is 98.9 cm³/mol. The first-order valence-electron chi connectivity index (χ1n) is 9.49. The highest BCUT2D eigenvalue weighted by molar-refractivity contribution is 5.88. The summed E-state index contributed by atoms with van der Waals surface area (Å²) in [5.74, 6) is -3.74. The van der Waals surface area contributed by atoms with Crippen LogP contribution in [0.5, 0.6) is 5.75 Å². The van der Waals surface area contributed by atoms with E-state index in [1.54, 1.807) is 29.4 Å². The Morgan fingerprint density at radius 3 is 2.57 bits per heavy atom. The summed E-state index contributed by atoms with van der Waals surface area (Å²) in [6.45, 7) is 4.29. The van der Waals surface area contributed by atoms with Crippen molar-refractivity contribution < 1.29 is 23.1 Å². The van der Waals surface area contributed by atoms with Crippen LogP contribution in [0.3, 0.4) is 0 Å². The van der Waals surface area contributed by atoms with Gasteiger partial charge in [-0.1, -0.05) is 6.58 Å². The maximum Gasteiger partial charge on any atom is 0.266 e. The number of carbonyl (C=O) groups is 2. The standard InChI is InChI=1S/C20H25F2N3O3/c1-2-18(26)25-12-16(11-20(21,22)14-25)19(27)24-9-5-15(6-10-24)13-28-17-3-7-23-8-4-17/h2-4,7-8,15-16H,1,5-6,9-14H2. The summed E-state index contributed by atoms with van der Waals surface area (Å²) in [7, 11) is 0. The number of piperidine rings is 2. The van der Waals surface area contributed by atoms with Crippen LogP contribution in [0.1, 0.15) is 19.3 Å². The predicted octanol–water partition coefficient (Wildman–Crippen LogP) is 2.37. The molecule has 2 aliphatic heterocycles. The van der Waals surface area contributed by atoms with E-state index in [-0.39, 0.29) is 12.5 Å². The van der Waals surface area contributed by atoms with Crippen LogP contribution in [0.25, 0.3) is 0 Å². The number of aromatic nitrogens is 1. The van der Waals surface area contributed by atoms with Crippen LogP contribution in [0, 0.1) is 11.8 Å². The molecule has 28 heavy (non-hydrogen) atoms. The van der Waals surface area contributed by atoms with Crippen molar-refractivity contribution in [2.24, 2.45) is 11.8 Å². The van der Waals surface area contributed by atoms with Gasteiger partial charge in [0.1, 0.15) is 5.75 Å². The monoisotopic (exact) mass is 393 g/mol. The van der Waals surface area contributed by atoms with Gasteiger partial charge in [-0.2, -0.15) is 0 Å². The lowest BCUT2D eigenvalue weighted by Gasteiger charge is -2.40. The number of hydrogen-bond donors (Lipinski definition) is 0. The molecule has 152 valence electrons. The summed E-state index contributed by atoms with van der Waals surface area (Å²) < 4.78 is 33.8. The Morgan fingerprint density at radius 2 is 1.93 bits per heavy atom. The molecule has 1 aromatic heterocycles. The lowest BCUT2D eigenvalue weighted by atomic mass is 9.91. The Bertz CT molecular complexity index is 706. The number of rotatable bonds is 5. The molecule has 0 aliphatic carbocycles. The molecule has 2 amide bonds. The third-order valence-corrected chi connectivity index (χ3v) is 5.31. The minimum atomic E-state index is -3.06. The molecule has 3 heterocycles. The Balaban J connectivity index is 1.51. The highest BCUT2D eigenvalue weighted by Crippen LogP contribution is 2.32. The first kappa shape index (κ1) is 20.2. The van der Waals surface area contributed by atoms with Gasteiger partial charge in [0.2, 0.25) is 11.8 Å². The quantitative estimate of drug-likeness (QED) is 0.721. The Morgan fingerprint density at radius 1 is 1.25 bits per heavy atom. The highest BCUT2D eigenvalue weighted by Gasteiger charge is 2.45. The number of ether oxygens (including phenoxy) is 1. The van der Waals surface area contributed by atoms with Gasteiger partial charge in [-0.3, -0.25) is 14.6 Å². The Kier molecular flexibility index (Phi) is 6.26. The van der Waals surface area contributed by atoms with Crippen molar-refractivity contribution in [3.63, 3.8) is 0 Å². The molecule has 0 N–H and O–H groups in total. The van der Waals surface area contributed by atoms with Crippen LogP contribution < -0.4 is 4.74 Å². The van der Waals surface area contributed by atoms with Crippen LogP contribution in [-0.4, -0.2) is 65.3 Å². The summed E-state index contributed by atoms with van der Waals surface area (Å²) in [4.78, 5) is 31.1. The normalized spacial score (nSPS) is 22.6. The second-order valence-electron chi connectivity index (χ2n) is 7.44. The van der Waals surface area contributed by atoms with E-state index in [0.717, 1.165) is 29.6 Å². The molecule has 0 aromatic carbocycles. The van der Waals surface area contributed by atoms with Crippen molar-refractivity contribution in [2.75, 3.05) is 32.8 Å². The highest BCUT2D eigenvalue weighted by atomic mass is 19.3. The van der Waals surface area contributed by atoms with E-state index < -0.39 is 30.7 Å². The number of amides is 2. The smallest absolute Gasteiger partial charge is 0.266 e. The third-order valence-electron chi connectivity index (χ3n) is 5.31. The van der Waals surface area contributed by atoms with Crippen LogP contribution in [0.15, 0.2) is 37.2 Å². The molecular weight excluding hydrogens is 368 g/mol. The molecule has 8 heteroatoms. The zero-order chi connectivity index (χ0) is 20.1. The molecule has 0 bridgehead atoms.